The van der Waals surface area contributed by atoms with Crippen molar-refractivity contribution in [1.82, 2.24) is 10.6 Å². The van der Waals surface area contributed by atoms with E-state index in [9.17, 15) is 9.59 Å². The van der Waals surface area contributed by atoms with E-state index in [1.54, 1.807) is 18.2 Å². The maximum atomic E-state index is 11.8. The molecule has 0 aromatic heterocycles. The van der Waals surface area contributed by atoms with Crippen molar-refractivity contribution >= 4 is 40.8 Å². The minimum atomic E-state index is -0.918. The van der Waals surface area contributed by atoms with Crippen molar-refractivity contribution in [1.29, 1.82) is 0 Å². The summed E-state index contributed by atoms with van der Waals surface area (Å²) < 4.78 is 0. The molecule has 1 unspecified atom stereocenters. The molecule has 0 aliphatic rings. The van der Waals surface area contributed by atoms with Gasteiger partial charge in [0.25, 0.3) is 5.91 Å². The van der Waals surface area contributed by atoms with E-state index in [1.807, 2.05) is 38.4 Å². The fourth-order valence-electron chi connectivity index (χ4n) is 4.20. The summed E-state index contributed by atoms with van der Waals surface area (Å²) in [5, 5.41) is 15.7. The number of amides is 1. The van der Waals surface area contributed by atoms with Gasteiger partial charge in [0.1, 0.15) is 0 Å². The zero-order chi connectivity index (χ0) is 29.5. The molecule has 1 amide bonds. The van der Waals surface area contributed by atoms with Crippen LogP contribution in [-0.2, 0) is 4.79 Å². The number of halogens is 2. The van der Waals surface area contributed by atoms with E-state index >= 15 is 0 Å². The van der Waals surface area contributed by atoms with E-state index in [-0.39, 0.29) is 18.9 Å². The zero-order valence-electron chi connectivity index (χ0n) is 23.6. The molecule has 0 fully saturated rings. The predicted molar refractivity (Wildman–Crippen MR) is 167 cm³/mol. The summed E-state index contributed by atoms with van der Waals surface area (Å²) in [7, 11) is 3.76. The number of benzene rings is 3. The van der Waals surface area contributed by atoms with E-state index in [0.29, 0.717) is 21.7 Å². The van der Waals surface area contributed by atoms with Gasteiger partial charge in [-0.25, -0.2) is 0 Å². The Bertz CT molecular complexity index is 1240. The lowest BCUT2D eigenvalue weighted by Gasteiger charge is -2.16. The molecule has 3 rings (SSSR count). The van der Waals surface area contributed by atoms with Gasteiger partial charge in [-0.2, -0.15) is 0 Å². The fourth-order valence-corrected chi connectivity index (χ4v) is 4.73. The molecule has 8 heteroatoms. The summed E-state index contributed by atoms with van der Waals surface area (Å²) in [6.45, 7) is 4.41. The first-order valence-corrected chi connectivity index (χ1v) is 14.3. The van der Waals surface area contributed by atoms with Crippen molar-refractivity contribution in [3.8, 4) is 11.1 Å². The smallest absolute Gasteiger partial charge is 0.305 e. The number of carbonyl (C=O) groups excluding carboxylic acids is 1. The summed E-state index contributed by atoms with van der Waals surface area (Å²) in [4.78, 5) is 26.5. The summed E-state index contributed by atoms with van der Waals surface area (Å²) in [5.74, 6) is -1.16. The van der Waals surface area contributed by atoms with Crippen molar-refractivity contribution in [2.24, 2.45) is 4.99 Å². The Labute approximate surface area is 247 Å². The summed E-state index contributed by atoms with van der Waals surface area (Å²) in [6, 6.07) is 21.6. The van der Waals surface area contributed by atoms with Gasteiger partial charge in [-0.1, -0.05) is 86.3 Å². The first-order chi connectivity index (χ1) is 19.2. The molecule has 0 bridgehead atoms. The topological polar surface area (TPSA) is 90.8 Å². The number of nitrogens with zero attached hydrogens (tertiary/aromatic N) is 1. The zero-order valence-corrected chi connectivity index (χ0v) is 25.1. The standard InChI is InChI=1S/C16H15Cl2N.C16H24N2O3/c1-3-16(19-2)12-6-4-11(5-7-12)13-8-14(17)10-15(18)9-13;1-3-4-5-14(17-2)12-6-8-13(9-7-12)16(21)18-11-10-15(19)20/h4-10H,3H2,1-2H3;6-9,14,17H,3-5,10-11H2,1-2H3,(H,18,21)(H,19,20). The molecule has 0 radical (unpaired) electrons. The Morgan fingerprint density at radius 3 is 2.00 bits per heavy atom. The number of unbranched alkanes of at least 4 members (excludes halogenated alkanes) is 1. The Balaban J connectivity index is 0.000000281. The maximum absolute atomic E-state index is 11.8. The maximum Gasteiger partial charge on any atom is 0.305 e. The minimum Gasteiger partial charge on any atom is -0.481 e. The summed E-state index contributed by atoms with van der Waals surface area (Å²) >= 11 is 12.0. The van der Waals surface area contributed by atoms with Crippen LogP contribution in [0.5, 0.6) is 0 Å². The van der Waals surface area contributed by atoms with Crippen molar-refractivity contribution in [2.75, 3.05) is 20.6 Å². The number of nitrogens with one attached hydrogen (secondary N) is 2. The lowest BCUT2D eigenvalue weighted by atomic mass is 10.00. The summed E-state index contributed by atoms with van der Waals surface area (Å²) in [6.07, 6.45) is 4.24. The number of carbonyl (C=O) groups is 2. The number of rotatable bonds is 12. The number of carboxylic acids is 1. The first-order valence-electron chi connectivity index (χ1n) is 13.5. The molecule has 0 spiro atoms. The van der Waals surface area contributed by atoms with Crippen LogP contribution in [0.3, 0.4) is 0 Å². The van der Waals surface area contributed by atoms with Crippen molar-refractivity contribution < 1.29 is 14.7 Å². The highest BCUT2D eigenvalue weighted by Crippen LogP contribution is 2.27. The molecule has 6 nitrogen and oxygen atoms in total. The fraction of sp³-hybridized carbons (Fsp3) is 0.344. The Morgan fingerprint density at radius 1 is 0.900 bits per heavy atom. The van der Waals surface area contributed by atoms with Crippen molar-refractivity contribution in [3.05, 3.63) is 93.5 Å². The third-order valence-electron chi connectivity index (χ3n) is 6.41. The van der Waals surface area contributed by atoms with Crippen LogP contribution in [0.25, 0.3) is 11.1 Å². The van der Waals surface area contributed by atoms with Crippen LogP contribution in [-0.4, -0.2) is 43.3 Å². The third-order valence-corrected chi connectivity index (χ3v) is 6.85. The Hall–Kier alpha value is -3.19. The quantitative estimate of drug-likeness (QED) is 0.189. The molecule has 0 saturated heterocycles. The molecule has 0 aliphatic carbocycles. The van der Waals surface area contributed by atoms with Crippen LogP contribution in [0.4, 0.5) is 0 Å². The molecule has 3 N–H and O–H groups in total. The molecular formula is C32H39Cl2N3O3. The second kappa shape index (κ2) is 17.5. The van der Waals surface area contributed by atoms with E-state index in [0.717, 1.165) is 53.6 Å². The van der Waals surface area contributed by atoms with Crippen molar-refractivity contribution in [2.45, 2.75) is 52.0 Å². The van der Waals surface area contributed by atoms with Gasteiger partial charge in [-0.15, -0.1) is 0 Å². The highest BCUT2D eigenvalue weighted by molar-refractivity contribution is 6.35. The molecule has 0 heterocycles. The van der Waals surface area contributed by atoms with E-state index in [1.165, 1.54) is 0 Å². The first kappa shape index (κ1) is 33.0. The highest BCUT2D eigenvalue weighted by Gasteiger charge is 2.11. The largest absolute Gasteiger partial charge is 0.481 e. The number of hydrogen-bond acceptors (Lipinski definition) is 4. The van der Waals surface area contributed by atoms with Gasteiger partial charge < -0.3 is 15.7 Å². The van der Waals surface area contributed by atoms with E-state index in [2.05, 4.69) is 53.7 Å². The van der Waals surface area contributed by atoms with Gasteiger partial charge in [0, 0.05) is 41.0 Å². The van der Waals surface area contributed by atoms with Crippen LogP contribution in [0.1, 0.15) is 73.5 Å². The average Bonchev–Trinajstić information content (AvgIpc) is 2.94. The van der Waals surface area contributed by atoms with Crippen LogP contribution in [0.15, 0.2) is 71.7 Å². The Morgan fingerprint density at radius 2 is 1.50 bits per heavy atom. The molecule has 1 atom stereocenters. The molecule has 3 aromatic rings. The molecule has 3 aromatic carbocycles. The third kappa shape index (κ3) is 10.8. The molecule has 0 aliphatic heterocycles. The van der Waals surface area contributed by atoms with Crippen LogP contribution in [0, 0.1) is 0 Å². The lowest BCUT2D eigenvalue weighted by Crippen LogP contribution is -2.26. The summed E-state index contributed by atoms with van der Waals surface area (Å²) in [5.41, 5.74) is 6.09. The monoisotopic (exact) mass is 583 g/mol. The van der Waals surface area contributed by atoms with Crippen LogP contribution >= 0.6 is 23.2 Å². The number of aliphatic carboxylic acids is 1. The van der Waals surface area contributed by atoms with Crippen LogP contribution in [0.2, 0.25) is 10.0 Å². The van der Waals surface area contributed by atoms with Crippen molar-refractivity contribution in [3.63, 3.8) is 0 Å². The molecular weight excluding hydrogens is 545 g/mol. The van der Waals surface area contributed by atoms with Gasteiger partial charge in [0.15, 0.2) is 0 Å². The number of hydrogen-bond donors (Lipinski definition) is 3. The minimum absolute atomic E-state index is 0.0668. The van der Waals surface area contributed by atoms with Gasteiger partial charge in [-0.3, -0.25) is 14.6 Å². The number of aliphatic imine (C=N–C) groups is 1. The van der Waals surface area contributed by atoms with Gasteiger partial charge in [0.05, 0.1) is 6.42 Å². The average molecular weight is 585 g/mol. The van der Waals surface area contributed by atoms with Gasteiger partial charge >= 0.3 is 5.97 Å². The number of carboxylic acid groups (broad SMARTS) is 1. The second-order valence-corrected chi connectivity index (χ2v) is 10.1. The second-order valence-electron chi connectivity index (χ2n) is 9.26. The normalized spacial score (nSPS) is 11.8. The highest BCUT2D eigenvalue weighted by atomic mass is 35.5. The van der Waals surface area contributed by atoms with Crippen LogP contribution < -0.4 is 10.6 Å². The van der Waals surface area contributed by atoms with E-state index in [4.69, 9.17) is 28.3 Å². The van der Waals surface area contributed by atoms with Gasteiger partial charge in [-0.05, 0) is 72.5 Å². The van der Waals surface area contributed by atoms with E-state index < -0.39 is 5.97 Å². The Kier molecular flexibility index (Phi) is 14.4. The van der Waals surface area contributed by atoms with Gasteiger partial charge in [0.2, 0.25) is 0 Å². The molecule has 214 valence electrons. The SMILES string of the molecule is CCC(=NC)c1ccc(-c2cc(Cl)cc(Cl)c2)cc1.CCCCC(NC)c1ccc(C(=O)NCCC(=O)O)cc1. The molecule has 40 heavy (non-hydrogen) atoms. The predicted octanol–water partition coefficient (Wildman–Crippen LogP) is 7.83. The molecule has 0 saturated carbocycles. The lowest BCUT2D eigenvalue weighted by molar-refractivity contribution is -0.136.